The molecule has 0 aromatic carbocycles. The van der Waals surface area contributed by atoms with Gasteiger partial charge in [-0.2, -0.15) is 0 Å². The molecule has 0 bridgehead atoms. The molecule has 5 unspecified atom stereocenters. The van der Waals surface area contributed by atoms with E-state index < -0.39 is 65.8 Å². The summed E-state index contributed by atoms with van der Waals surface area (Å²) in [5.74, 6) is -5.04. The zero-order valence-electron chi connectivity index (χ0n) is 18.4. The van der Waals surface area contributed by atoms with Crippen molar-refractivity contribution in [2.45, 2.75) is 75.7 Å². The molecule has 10 N–H and O–H groups in total. The average Bonchev–Trinajstić information content (AvgIpc) is 3.21. The normalized spacial score (nSPS) is 19.1. The van der Waals surface area contributed by atoms with E-state index in [1.807, 2.05) is 0 Å². The topological polar surface area (TPSA) is 248 Å². The van der Waals surface area contributed by atoms with Crippen molar-refractivity contribution in [1.29, 1.82) is 0 Å². The fraction of sp³-hybridized carbons (Fsp3) is 0.684. The number of nitrogens with one attached hydrogen (secondary N) is 2. The van der Waals surface area contributed by atoms with E-state index in [1.165, 1.54) is 11.8 Å². The molecule has 33 heavy (non-hydrogen) atoms. The van der Waals surface area contributed by atoms with Gasteiger partial charge < -0.3 is 42.9 Å². The van der Waals surface area contributed by atoms with Crippen LogP contribution in [-0.2, 0) is 28.8 Å². The van der Waals surface area contributed by atoms with Crippen molar-refractivity contribution in [3.05, 3.63) is 0 Å². The third-order valence-corrected chi connectivity index (χ3v) is 5.22. The van der Waals surface area contributed by atoms with Gasteiger partial charge in [0.1, 0.15) is 12.1 Å². The van der Waals surface area contributed by atoms with Gasteiger partial charge in [-0.1, -0.05) is 0 Å². The molecule has 1 aliphatic heterocycles. The lowest BCUT2D eigenvalue weighted by Crippen LogP contribution is -2.58. The Labute approximate surface area is 190 Å². The second-order valence-corrected chi connectivity index (χ2v) is 7.93. The maximum absolute atomic E-state index is 12.9. The van der Waals surface area contributed by atoms with Crippen LogP contribution in [0.4, 0.5) is 0 Å². The number of hydrogen-bond donors (Lipinski definition) is 7. The van der Waals surface area contributed by atoms with Crippen LogP contribution in [-0.4, -0.2) is 87.4 Å². The minimum atomic E-state index is -1.64. The molecule has 14 heteroatoms. The lowest BCUT2D eigenvalue weighted by atomic mass is 10.1. The smallest absolute Gasteiger partial charge is 0.328 e. The van der Waals surface area contributed by atoms with Crippen molar-refractivity contribution in [2.24, 2.45) is 17.2 Å². The first kappa shape index (κ1) is 27.8. The molecule has 0 saturated carbocycles. The van der Waals surface area contributed by atoms with E-state index in [4.69, 9.17) is 22.3 Å². The van der Waals surface area contributed by atoms with Crippen LogP contribution in [0.5, 0.6) is 0 Å². The maximum atomic E-state index is 12.9. The predicted octanol–water partition coefficient (Wildman–Crippen LogP) is -3.73. The number of carbonyl (C=O) groups excluding carboxylic acids is 5. The Kier molecular flexibility index (Phi) is 10.7. The number of carbonyl (C=O) groups is 6. The van der Waals surface area contributed by atoms with Crippen LogP contribution in [0, 0.1) is 0 Å². The molecule has 0 aromatic rings. The van der Waals surface area contributed by atoms with Gasteiger partial charge in [0.05, 0.1) is 12.1 Å². The Morgan fingerprint density at radius 2 is 1.61 bits per heavy atom. The van der Waals surface area contributed by atoms with E-state index >= 15 is 0 Å². The lowest BCUT2D eigenvalue weighted by molar-refractivity contribution is -0.145. The van der Waals surface area contributed by atoms with Gasteiger partial charge in [0.25, 0.3) is 0 Å². The van der Waals surface area contributed by atoms with Gasteiger partial charge >= 0.3 is 5.97 Å². The van der Waals surface area contributed by atoms with E-state index in [1.54, 1.807) is 0 Å². The van der Waals surface area contributed by atoms with Crippen LogP contribution in [0.25, 0.3) is 0 Å². The van der Waals surface area contributed by atoms with E-state index in [0.717, 1.165) is 0 Å². The highest BCUT2D eigenvalue weighted by molar-refractivity contribution is 5.94. The number of hydrogen-bond acceptors (Lipinski definition) is 8. The number of nitrogens with two attached hydrogens (primary N) is 3. The molecule has 14 nitrogen and oxygen atoms in total. The van der Waals surface area contributed by atoms with Gasteiger partial charge in [-0.25, -0.2) is 4.79 Å². The van der Waals surface area contributed by atoms with Crippen LogP contribution < -0.4 is 27.8 Å². The number of carboxylic acids is 1. The molecule has 1 rings (SSSR count). The summed E-state index contributed by atoms with van der Waals surface area (Å²) in [6.45, 7) is 1.40. The quantitative estimate of drug-likeness (QED) is 0.139. The number of amides is 5. The third kappa shape index (κ3) is 8.65. The Hall–Kier alpha value is -3.26. The fourth-order valence-corrected chi connectivity index (χ4v) is 3.40. The SMILES string of the molecule is CC(O)C(NC(=O)C(CCC(N)=O)NC(=O)C1CCCN1C(=O)C(N)CCC(N)=O)C(=O)O. The van der Waals surface area contributed by atoms with E-state index in [-0.39, 0.29) is 38.6 Å². The first-order valence-corrected chi connectivity index (χ1v) is 10.5. The number of rotatable bonds is 13. The highest BCUT2D eigenvalue weighted by Crippen LogP contribution is 2.19. The third-order valence-electron chi connectivity index (χ3n) is 5.22. The average molecular weight is 472 g/mol. The van der Waals surface area contributed by atoms with Crippen LogP contribution in [0.3, 0.4) is 0 Å². The monoisotopic (exact) mass is 472 g/mol. The van der Waals surface area contributed by atoms with Crippen LogP contribution in [0.1, 0.15) is 45.4 Å². The first-order chi connectivity index (χ1) is 15.3. The van der Waals surface area contributed by atoms with Gasteiger partial charge in [-0.15, -0.1) is 0 Å². The highest BCUT2D eigenvalue weighted by atomic mass is 16.4. The van der Waals surface area contributed by atoms with Crippen molar-refractivity contribution >= 4 is 35.5 Å². The maximum Gasteiger partial charge on any atom is 0.328 e. The van der Waals surface area contributed by atoms with Crippen molar-refractivity contribution in [1.82, 2.24) is 15.5 Å². The molecule has 0 spiro atoms. The van der Waals surface area contributed by atoms with Crippen LogP contribution >= 0.6 is 0 Å². The molecule has 1 fully saturated rings. The Bertz CT molecular complexity index is 773. The number of aliphatic hydroxyl groups excluding tert-OH is 1. The standard InChI is InChI=1S/C19H32N6O8/c1-9(26)15(19(32)33)24-16(29)11(5-7-14(22)28)23-17(30)12-3-2-8-25(12)18(31)10(20)4-6-13(21)27/h9-12,15,26H,2-8,20H2,1H3,(H2,21,27)(H2,22,28)(H,23,30)(H,24,29)(H,32,33). The van der Waals surface area contributed by atoms with Crippen molar-refractivity contribution in [3.8, 4) is 0 Å². The second kappa shape index (κ2) is 12.7. The van der Waals surface area contributed by atoms with Crippen LogP contribution in [0.15, 0.2) is 0 Å². The zero-order chi connectivity index (χ0) is 25.3. The lowest BCUT2D eigenvalue weighted by Gasteiger charge is -2.28. The molecule has 5 amide bonds. The molecule has 0 aromatic heterocycles. The Morgan fingerprint density at radius 1 is 1.03 bits per heavy atom. The molecule has 1 saturated heterocycles. The van der Waals surface area contributed by atoms with E-state index in [0.29, 0.717) is 6.42 Å². The fourth-order valence-electron chi connectivity index (χ4n) is 3.40. The van der Waals surface area contributed by atoms with E-state index in [9.17, 15) is 33.9 Å². The molecule has 0 radical (unpaired) electrons. The van der Waals surface area contributed by atoms with Gasteiger partial charge in [0.15, 0.2) is 6.04 Å². The van der Waals surface area contributed by atoms with Gasteiger partial charge in [0, 0.05) is 19.4 Å². The number of aliphatic hydroxyl groups is 1. The second-order valence-electron chi connectivity index (χ2n) is 7.93. The summed E-state index contributed by atoms with van der Waals surface area (Å²) in [5.41, 5.74) is 16.0. The minimum Gasteiger partial charge on any atom is -0.480 e. The van der Waals surface area contributed by atoms with Crippen LogP contribution in [0.2, 0.25) is 0 Å². The molecular formula is C19H32N6O8. The number of primary amides is 2. The van der Waals surface area contributed by atoms with Crippen molar-refractivity contribution in [2.75, 3.05) is 6.54 Å². The van der Waals surface area contributed by atoms with E-state index in [2.05, 4.69) is 10.6 Å². The summed E-state index contributed by atoms with van der Waals surface area (Å²) in [6, 6.07) is -4.97. The summed E-state index contributed by atoms with van der Waals surface area (Å²) in [7, 11) is 0. The molecular weight excluding hydrogens is 440 g/mol. The molecule has 1 heterocycles. The van der Waals surface area contributed by atoms with Gasteiger partial charge in [-0.3, -0.25) is 24.0 Å². The summed E-state index contributed by atoms with van der Waals surface area (Å²) in [4.78, 5) is 72.7. The molecule has 186 valence electrons. The summed E-state index contributed by atoms with van der Waals surface area (Å²) >= 11 is 0. The van der Waals surface area contributed by atoms with Crippen molar-refractivity contribution < 1.29 is 39.0 Å². The predicted molar refractivity (Wildman–Crippen MR) is 113 cm³/mol. The number of likely N-dealkylation sites (tertiary alicyclic amines) is 1. The number of aliphatic carboxylic acids is 1. The van der Waals surface area contributed by atoms with Gasteiger partial charge in [-0.05, 0) is 32.6 Å². The summed E-state index contributed by atoms with van der Waals surface area (Å²) in [5, 5.41) is 23.3. The highest BCUT2D eigenvalue weighted by Gasteiger charge is 2.38. The van der Waals surface area contributed by atoms with Gasteiger partial charge in [0.2, 0.25) is 29.5 Å². The molecule has 5 atom stereocenters. The summed E-state index contributed by atoms with van der Waals surface area (Å²) < 4.78 is 0. The molecule has 0 aliphatic carbocycles. The minimum absolute atomic E-state index is 0.0125. The van der Waals surface area contributed by atoms with Crippen molar-refractivity contribution in [3.63, 3.8) is 0 Å². The Balaban J connectivity index is 2.92. The number of carboxylic acid groups (broad SMARTS) is 1. The Morgan fingerprint density at radius 3 is 2.12 bits per heavy atom. The first-order valence-electron chi connectivity index (χ1n) is 10.5. The zero-order valence-corrected chi connectivity index (χ0v) is 18.4. The number of nitrogens with zero attached hydrogens (tertiary/aromatic N) is 1. The molecule has 1 aliphatic rings. The summed E-state index contributed by atoms with van der Waals surface area (Å²) in [6.07, 6.45) is -1.24. The largest absolute Gasteiger partial charge is 0.480 e.